The highest BCUT2D eigenvalue weighted by atomic mass is 16.1. The molecular weight excluding hydrogens is 438 g/mol. The smallest absolute Gasteiger partial charge is 0.270 e. The van der Waals surface area contributed by atoms with Crippen molar-refractivity contribution >= 4 is 23.4 Å². The summed E-state index contributed by atoms with van der Waals surface area (Å²) in [5.41, 5.74) is 4.32. The van der Waals surface area contributed by atoms with Gasteiger partial charge in [-0.2, -0.15) is 0 Å². The lowest BCUT2D eigenvalue weighted by molar-refractivity contribution is 0.0943. The molecule has 4 heterocycles. The monoisotopic (exact) mass is 467 g/mol. The maximum Gasteiger partial charge on any atom is 0.270 e. The van der Waals surface area contributed by atoms with Crippen LogP contribution in [0.3, 0.4) is 0 Å². The van der Waals surface area contributed by atoms with Crippen molar-refractivity contribution in [2.24, 2.45) is 0 Å². The summed E-state index contributed by atoms with van der Waals surface area (Å²) in [5.74, 6) is 1.52. The zero-order valence-corrected chi connectivity index (χ0v) is 19.8. The number of fused-ring (bicyclic) bond motifs is 1. The number of carbonyl (C=O) groups is 1. The van der Waals surface area contributed by atoms with Gasteiger partial charge in [0.05, 0.1) is 6.04 Å². The van der Waals surface area contributed by atoms with Crippen molar-refractivity contribution < 1.29 is 4.79 Å². The third-order valence-corrected chi connectivity index (χ3v) is 6.71. The molecule has 178 valence electrons. The molecule has 1 atom stereocenters. The molecule has 0 bridgehead atoms. The fraction of sp³-hybridized carbons (Fsp3) is 0.296. The van der Waals surface area contributed by atoms with E-state index in [2.05, 4.69) is 20.2 Å². The molecule has 1 unspecified atom stereocenters. The SMILES string of the molecule is CC1=CC(C(=N)N2CCCC2=N)=CC=CC1NC(=O)c1cc2c(cn1)CCN(c1ccccn1)C2. The van der Waals surface area contributed by atoms with Gasteiger partial charge in [0, 0.05) is 44.0 Å². The van der Waals surface area contributed by atoms with Crippen molar-refractivity contribution in [1.82, 2.24) is 20.2 Å². The molecule has 2 aromatic rings. The largest absolute Gasteiger partial charge is 0.352 e. The molecule has 0 spiro atoms. The number of nitrogens with one attached hydrogen (secondary N) is 3. The maximum absolute atomic E-state index is 13.1. The van der Waals surface area contributed by atoms with E-state index in [0.717, 1.165) is 41.9 Å². The van der Waals surface area contributed by atoms with Crippen LogP contribution < -0.4 is 10.2 Å². The molecule has 0 saturated carbocycles. The zero-order valence-electron chi connectivity index (χ0n) is 19.8. The summed E-state index contributed by atoms with van der Waals surface area (Å²) in [6.07, 6.45) is 13.7. The van der Waals surface area contributed by atoms with Gasteiger partial charge in [-0.15, -0.1) is 0 Å². The van der Waals surface area contributed by atoms with Gasteiger partial charge in [0.15, 0.2) is 0 Å². The Balaban J connectivity index is 1.28. The predicted molar refractivity (Wildman–Crippen MR) is 137 cm³/mol. The van der Waals surface area contributed by atoms with Crippen LogP contribution in [0.2, 0.25) is 0 Å². The quantitative estimate of drug-likeness (QED) is 0.470. The summed E-state index contributed by atoms with van der Waals surface area (Å²) in [6, 6.07) is 7.48. The number of carbonyl (C=O) groups excluding carboxylic acids is 1. The molecule has 8 nitrogen and oxygen atoms in total. The van der Waals surface area contributed by atoms with Crippen LogP contribution in [0.1, 0.15) is 41.4 Å². The van der Waals surface area contributed by atoms with Gasteiger partial charge in [-0.3, -0.25) is 20.6 Å². The van der Waals surface area contributed by atoms with E-state index in [0.29, 0.717) is 36.9 Å². The molecule has 0 aromatic carbocycles. The Morgan fingerprint density at radius 2 is 2.06 bits per heavy atom. The minimum atomic E-state index is -0.301. The third-order valence-electron chi connectivity index (χ3n) is 6.71. The van der Waals surface area contributed by atoms with E-state index in [-0.39, 0.29) is 11.9 Å². The zero-order chi connectivity index (χ0) is 24.4. The number of allylic oxidation sites excluding steroid dienone is 2. The lowest BCUT2D eigenvalue weighted by atomic mass is 10.0. The van der Waals surface area contributed by atoms with Crippen LogP contribution in [-0.2, 0) is 13.0 Å². The van der Waals surface area contributed by atoms with E-state index in [1.807, 2.05) is 61.7 Å². The molecule has 1 saturated heterocycles. The summed E-state index contributed by atoms with van der Waals surface area (Å²) in [7, 11) is 0. The highest BCUT2D eigenvalue weighted by Crippen LogP contribution is 2.24. The molecule has 5 rings (SSSR count). The highest BCUT2D eigenvalue weighted by Gasteiger charge is 2.24. The van der Waals surface area contributed by atoms with Crippen LogP contribution in [-0.4, -0.2) is 51.6 Å². The van der Waals surface area contributed by atoms with E-state index in [1.165, 1.54) is 5.56 Å². The lowest BCUT2D eigenvalue weighted by Gasteiger charge is -2.29. The van der Waals surface area contributed by atoms with Gasteiger partial charge in [-0.25, -0.2) is 4.98 Å². The number of anilines is 1. The van der Waals surface area contributed by atoms with Crippen molar-refractivity contribution in [1.29, 1.82) is 10.8 Å². The van der Waals surface area contributed by atoms with Crippen LogP contribution in [0.5, 0.6) is 0 Å². The second-order valence-electron chi connectivity index (χ2n) is 9.09. The molecule has 8 heteroatoms. The number of amides is 1. The minimum absolute atomic E-state index is 0.231. The number of hydrogen-bond donors (Lipinski definition) is 3. The average molecular weight is 468 g/mol. The molecule has 1 amide bonds. The average Bonchev–Trinajstić information content (AvgIpc) is 3.23. The van der Waals surface area contributed by atoms with Crippen LogP contribution in [0.25, 0.3) is 0 Å². The van der Waals surface area contributed by atoms with Crippen molar-refractivity contribution in [3.05, 3.63) is 88.9 Å². The van der Waals surface area contributed by atoms with Crippen LogP contribution in [0, 0.1) is 10.8 Å². The first-order valence-corrected chi connectivity index (χ1v) is 11.9. The van der Waals surface area contributed by atoms with E-state index >= 15 is 0 Å². The van der Waals surface area contributed by atoms with E-state index in [1.54, 1.807) is 11.1 Å². The Bertz CT molecular complexity index is 1260. The number of hydrogen-bond acceptors (Lipinski definition) is 6. The Hall–Kier alpha value is -4.07. The van der Waals surface area contributed by atoms with Gasteiger partial charge in [-0.1, -0.05) is 24.3 Å². The second-order valence-corrected chi connectivity index (χ2v) is 9.09. The van der Waals surface area contributed by atoms with Gasteiger partial charge in [0.2, 0.25) is 0 Å². The first-order valence-electron chi connectivity index (χ1n) is 11.9. The van der Waals surface area contributed by atoms with E-state index in [4.69, 9.17) is 10.8 Å². The molecule has 3 aliphatic rings. The van der Waals surface area contributed by atoms with E-state index in [9.17, 15) is 4.79 Å². The maximum atomic E-state index is 13.1. The van der Waals surface area contributed by atoms with Crippen molar-refractivity contribution in [3.8, 4) is 0 Å². The molecule has 2 aliphatic heterocycles. The number of pyridine rings is 2. The number of likely N-dealkylation sites (tertiary alicyclic amines) is 1. The number of aromatic nitrogens is 2. The predicted octanol–water partition coefficient (Wildman–Crippen LogP) is 3.63. The van der Waals surface area contributed by atoms with Crippen molar-refractivity contribution in [3.63, 3.8) is 0 Å². The number of rotatable bonds is 4. The minimum Gasteiger partial charge on any atom is -0.352 e. The molecule has 1 aliphatic carbocycles. The van der Waals surface area contributed by atoms with Gasteiger partial charge in [0.1, 0.15) is 23.2 Å². The van der Waals surface area contributed by atoms with Crippen LogP contribution in [0.15, 0.2) is 72.1 Å². The summed E-state index contributed by atoms with van der Waals surface area (Å²) in [5, 5.41) is 19.7. The molecule has 0 radical (unpaired) electrons. The fourth-order valence-corrected chi connectivity index (χ4v) is 4.71. The topological polar surface area (TPSA) is 109 Å². The highest BCUT2D eigenvalue weighted by molar-refractivity contribution is 6.09. The Morgan fingerprint density at radius 1 is 1.17 bits per heavy atom. The normalized spacial score (nSPS) is 19.6. The fourth-order valence-electron chi connectivity index (χ4n) is 4.71. The Morgan fingerprint density at radius 3 is 2.83 bits per heavy atom. The third kappa shape index (κ3) is 4.77. The van der Waals surface area contributed by atoms with Crippen molar-refractivity contribution in [2.75, 3.05) is 18.0 Å². The molecule has 2 aromatic heterocycles. The summed E-state index contributed by atoms with van der Waals surface area (Å²) < 4.78 is 0. The first-order chi connectivity index (χ1) is 17.0. The van der Waals surface area contributed by atoms with Crippen molar-refractivity contribution in [2.45, 2.75) is 38.8 Å². The lowest BCUT2D eigenvalue weighted by Crippen LogP contribution is -2.36. The summed E-state index contributed by atoms with van der Waals surface area (Å²) in [4.78, 5) is 26.0. The van der Waals surface area contributed by atoms with Gasteiger partial charge in [-0.05, 0) is 60.7 Å². The van der Waals surface area contributed by atoms with Crippen LogP contribution in [0.4, 0.5) is 5.82 Å². The van der Waals surface area contributed by atoms with Gasteiger partial charge < -0.3 is 15.1 Å². The summed E-state index contributed by atoms with van der Waals surface area (Å²) >= 11 is 0. The summed E-state index contributed by atoms with van der Waals surface area (Å²) in [6.45, 7) is 4.21. The molecule has 1 fully saturated rings. The number of amidine groups is 2. The van der Waals surface area contributed by atoms with Gasteiger partial charge >= 0.3 is 0 Å². The molecular formula is C27H29N7O. The van der Waals surface area contributed by atoms with Gasteiger partial charge in [0.25, 0.3) is 5.91 Å². The molecule has 35 heavy (non-hydrogen) atoms. The number of nitrogens with zero attached hydrogens (tertiary/aromatic N) is 4. The molecule has 3 N–H and O–H groups in total. The Labute approximate surface area is 205 Å². The second kappa shape index (κ2) is 9.66. The first kappa shape index (κ1) is 22.7. The van der Waals surface area contributed by atoms with Crippen LogP contribution >= 0.6 is 0 Å². The Kier molecular flexibility index (Phi) is 6.27. The standard InChI is InChI=1S/C27H29N7O/c1-18-14-19(26(29)34-12-5-8-24(34)28)6-4-7-22(18)32-27(35)23-15-21-17-33(13-10-20(21)16-31-23)25-9-2-3-11-30-25/h2-4,6-7,9,11,14-16,22,28-29H,5,8,10,12-13,17H2,1H3,(H,32,35). The van der Waals surface area contributed by atoms with E-state index < -0.39 is 0 Å².